The monoisotopic (exact) mass is 388 g/mol. The van der Waals surface area contributed by atoms with E-state index < -0.39 is 0 Å². The fraction of sp³-hybridized carbons (Fsp3) is 0.130. The maximum atomic E-state index is 12.8. The van der Waals surface area contributed by atoms with E-state index in [1.807, 2.05) is 78.9 Å². The molecule has 0 aliphatic heterocycles. The minimum Gasteiger partial charge on any atom is -0.497 e. The third kappa shape index (κ3) is 4.05. The average molecular weight is 388 g/mol. The molecule has 1 heterocycles. The molecule has 140 valence electrons. The number of fused-ring (bicyclic) bond motifs is 1. The van der Waals surface area contributed by atoms with Crippen LogP contribution in [0.15, 0.2) is 78.9 Å². The van der Waals surface area contributed by atoms with Gasteiger partial charge in [-0.05, 0) is 23.8 Å². The predicted molar refractivity (Wildman–Crippen MR) is 114 cm³/mol. The first kappa shape index (κ1) is 18.2. The number of carbonyl (C=O) groups excluding carboxylic acids is 1. The number of ether oxygens (including phenoxy) is 1. The fourth-order valence-corrected chi connectivity index (χ4v) is 4.05. The smallest absolute Gasteiger partial charge is 0.184 e. The van der Waals surface area contributed by atoms with E-state index in [1.165, 1.54) is 0 Å². The van der Waals surface area contributed by atoms with Crippen molar-refractivity contribution in [1.29, 1.82) is 0 Å². The number of hydrogen-bond acceptors (Lipinski definition) is 5. The lowest BCUT2D eigenvalue weighted by atomic mass is 9.98. The van der Waals surface area contributed by atoms with Crippen molar-refractivity contribution in [3.63, 3.8) is 0 Å². The largest absolute Gasteiger partial charge is 0.497 e. The molecule has 1 atom stereocenters. The van der Waals surface area contributed by atoms with Gasteiger partial charge in [0.05, 0.1) is 23.4 Å². The standard InChI is InChI=1S/C23H20N2O2S/c1-27-18-12-13-19-22(14-18)28-23(24-19)25-20(16-8-4-2-5-9-16)15-21(26)17-10-6-3-7-11-17/h2-14,20H,15H2,1H3,(H,24,25). The maximum Gasteiger partial charge on any atom is 0.184 e. The lowest BCUT2D eigenvalue weighted by molar-refractivity contribution is 0.0976. The number of ketones is 1. The number of anilines is 1. The second kappa shape index (κ2) is 8.23. The Morgan fingerprint density at radius 3 is 2.46 bits per heavy atom. The van der Waals surface area contributed by atoms with E-state index in [0.29, 0.717) is 6.42 Å². The van der Waals surface area contributed by atoms with Gasteiger partial charge in [-0.3, -0.25) is 4.79 Å². The molecular weight excluding hydrogens is 368 g/mol. The Morgan fingerprint density at radius 2 is 1.75 bits per heavy atom. The third-order valence-electron chi connectivity index (χ3n) is 4.58. The molecule has 0 aliphatic rings. The zero-order valence-corrected chi connectivity index (χ0v) is 16.3. The first-order valence-electron chi connectivity index (χ1n) is 9.07. The molecule has 4 rings (SSSR count). The first-order valence-corrected chi connectivity index (χ1v) is 9.89. The van der Waals surface area contributed by atoms with Crippen LogP contribution >= 0.6 is 11.3 Å². The number of benzene rings is 3. The van der Waals surface area contributed by atoms with Gasteiger partial charge in [0.1, 0.15) is 5.75 Å². The summed E-state index contributed by atoms with van der Waals surface area (Å²) in [6, 6.07) is 25.1. The van der Waals surface area contributed by atoms with Crippen LogP contribution in [0.4, 0.5) is 5.13 Å². The van der Waals surface area contributed by atoms with Crippen LogP contribution in [0, 0.1) is 0 Å². The van der Waals surface area contributed by atoms with Crippen molar-refractivity contribution in [2.45, 2.75) is 12.5 Å². The van der Waals surface area contributed by atoms with E-state index in [2.05, 4.69) is 10.3 Å². The highest BCUT2D eigenvalue weighted by atomic mass is 32.1. The molecule has 1 N–H and O–H groups in total. The molecule has 5 heteroatoms. The van der Waals surface area contributed by atoms with Gasteiger partial charge < -0.3 is 10.1 Å². The number of thiazole rings is 1. The van der Waals surface area contributed by atoms with Crippen molar-refractivity contribution >= 4 is 32.5 Å². The summed E-state index contributed by atoms with van der Waals surface area (Å²) in [5.74, 6) is 0.909. The molecule has 0 radical (unpaired) electrons. The maximum absolute atomic E-state index is 12.8. The first-order chi connectivity index (χ1) is 13.7. The van der Waals surface area contributed by atoms with Gasteiger partial charge >= 0.3 is 0 Å². The van der Waals surface area contributed by atoms with Gasteiger partial charge in [0.15, 0.2) is 10.9 Å². The van der Waals surface area contributed by atoms with Crippen molar-refractivity contribution in [2.75, 3.05) is 12.4 Å². The van der Waals surface area contributed by atoms with Gasteiger partial charge in [0, 0.05) is 12.0 Å². The molecule has 28 heavy (non-hydrogen) atoms. The van der Waals surface area contributed by atoms with Gasteiger partial charge in [-0.25, -0.2) is 4.98 Å². The van der Waals surface area contributed by atoms with E-state index >= 15 is 0 Å². The van der Waals surface area contributed by atoms with Gasteiger partial charge in [-0.2, -0.15) is 0 Å². The number of methoxy groups -OCH3 is 1. The second-order valence-electron chi connectivity index (χ2n) is 6.45. The Labute approximate surface area is 167 Å². The lowest BCUT2D eigenvalue weighted by Gasteiger charge is -2.18. The molecule has 0 aliphatic carbocycles. The highest BCUT2D eigenvalue weighted by Gasteiger charge is 2.19. The van der Waals surface area contributed by atoms with Crippen molar-refractivity contribution in [3.8, 4) is 5.75 Å². The molecule has 0 bridgehead atoms. The van der Waals surface area contributed by atoms with E-state index in [9.17, 15) is 4.79 Å². The minimum absolute atomic E-state index is 0.102. The van der Waals surface area contributed by atoms with Gasteiger partial charge in [-0.15, -0.1) is 0 Å². The van der Waals surface area contributed by atoms with Crippen LogP contribution in [-0.2, 0) is 0 Å². The molecule has 0 saturated carbocycles. The van der Waals surface area contributed by atoms with Crippen molar-refractivity contribution in [2.24, 2.45) is 0 Å². The molecule has 1 aromatic heterocycles. The van der Waals surface area contributed by atoms with Crippen molar-refractivity contribution < 1.29 is 9.53 Å². The SMILES string of the molecule is COc1ccc2nc(NC(CC(=O)c3ccccc3)c3ccccc3)sc2c1. The Bertz CT molecular complexity index is 1080. The number of rotatable bonds is 7. The van der Waals surface area contributed by atoms with E-state index in [1.54, 1.807) is 18.4 Å². The number of Topliss-reactive ketones (excluding diaryl/α,β-unsaturated/α-hetero) is 1. The molecule has 0 amide bonds. The van der Waals surface area contributed by atoms with Crippen LogP contribution in [0.1, 0.15) is 28.4 Å². The summed E-state index contributed by atoms with van der Waals surface area (Å²) in [4.78, 5) is 17.5. The molecular formula is C23H20N2O2S. The van der Waals surface area contributed by atoms with Crippen LogP contribution in [0.3, 0.4) is 0 Å². The Kier molecular flexibility index (Phi) is 5.35. The lowest BCUT2D eigenvalue weighted by Crippen LogP contribution is -2.15. The highest BCUT2D eigenvalue weighted by molar-refractivity contribution is 7.22. The number of nitrogens with zero attached hydrogens (tertiary/aromatic N) is 1. The van der Waals surface area contributed by atoms with Crippen LogP contribution in [0.25, 0.3) is 10.2 Å². The Morgan fingerprint density at radius 1 is 1.04 bits per heavy atom. The van der Waals surface area contributed by atoms with Gasteiger partial charge in [0.2, 0.25) is 0 Å². The summed E-state index contributed by atoms with van der Waals surface area (Å²) in [7, 11) is 1.65. The zero-order valence-electron chi connectivity index (χ0n) is 15.5. The number of hydrogen-bond donors (Lipinski definition) is 1. The normalized spacial score (nSPS) is 11.9. The van der Waals surface area contributed by atoms with E-state index in [4.69, 9.17) is 4.74 Å². The summed E-state index contributed by atoms with van der Waals surface area (Å²) in [6.45, 7) is 0. The minimum atomic E-state index is -0.156. The quantitative estimate of drug-likeness (QED) is 0.411. The van der Waals surface area contributed by atoms with E-state index in [0.717, 1.165) is 32.2 Å². The summed E-state index contributed by atoms with van der Waals surface area (Å²) in [5, 5.41) is 4.26. The van der Waals surface area contributed by atoms with Crippen molar-refractivity contribution in [1.82, 2.24) is 4.98 Å². The molecule has 0 spiro atoms. The van der Waals surface area contributed by atoms with Crippen molar-refractivity contribution in [3.05, 3.63) is 90.0 Å². The summed E-state index contributed by atoms with van der Waals surface area (Å²) in [5.41, 5.74) is 2.69. The summed E-state index contributed by atoms with van der Waals surface area (Å²) in [6.07, 6.45) is 0.354. The number of aromatic nitrogens is 1. The van der Waals surface area contributed by atoms with E-state index in [-0.39, 0.29) is 11.8 Å². The molecule has 0 fully saturated rings. The van der Waals surface area contributed by atoms with Gasteiger partial charge in [0.25, 0.3) is 0 Å². The highest BCUT2D eigenvalue weighted by Crippen LogP contribution is 2.32. The summed E-state index contributed by atoms with van der Waals surface area (Å²) >= 11 is 1.56. The topological polar surface area (TPSA) is 51.2 Å². The molecule has 0 saturated heterocycles. The second-order valence-corrected chi connectivity index (χ2v) is 7.48. The number of nitrogens with one attached hydrogen (secondary N) is 1. The summed E-state index contributed by atoms with van der Waals surface area (Å²) < 4.78 is 6.34. The van der Waals surface area contributed by atoms with Crippen LogP contribution in [0.5, 0.6) is 5.75 Å². The van der Waals surface area contributed by atoms with Crippen LogP contribution in [-0.4, -0.2) is 17.9 Å². The zero-order chi connectivity index (χ0) is 19.3. The predicted octanol–water partition coefficient (Wildman–Crippen LogP) is 5.73. The van der Waals surface area contributed by atoms with Gasteiger partial charge in [-0.1, -0.05) is 72.0 Å². The third-order valence-corrected chi connectivity index (χ3v) is 5.53. The van der Waals surface area contributed by atoms with Crippen LogP contribution < -0.4 is 10.1 Å². The number of carbonyl (C=O) groups is 1. The average Bonchev–Trinajstić information content (AvgIpc) is 3.16. The Hall–Kier alpha value is -3.18. The fourth-order valence-electron chi connectivity index (χ4n) is 3.11. The molecule has 1 unspecified atom stereocenters. The molecule has 4 aromatic rings. The molecule has 3 aromatic carbocycles. The van der Waals surface area contributed by atoms with Crippen LogP contribution in [0.2, 0.25) is 0 Å². The molecule has 4 nitrogen and oxygen atoms in total. The Balaban J connectivity index is 1.61.